The number of aromatic nitrogens is 2. The molecule has 1 atom stereocenters. The summed E-state index contributed by atoms with van der Waals surface area (Å²) in [5.41, 5.74) is 3.75. The van der Waals surface area contributed by atoms with Crippen LogP contribution in [-0.2, 0) is 11.3 Å². The van der Waals surface area contributed by atoms with Crippen LogP contribution < -0.4 is 11.3 Å². The number of aryl methyl sites for hydroxylation is 1. The predicted octanol–water partition coefficient (Wildman–Crippen LogP) is 0.779. The molecule has 15 heavy (non-hydrogen) atoms. The number of nitrogens with one attached hydrogen (secondary N) is 1. The second kappa shape index (κ2) is 4.63. The summed E-state index contributed by atoms with van der Waals surface area (Å²) in [6.45, 7) is 5.96. The summed E-state index contributed by atoms with van der Waals surface area (Å²) in [5, 5.41) is 4.88. The maximum atomic E-state index is 11.2. The smallest absolute Gasteiger partial charge is 0.238 e. The summed E-state index contributed by atoms with van der Waals surface area (Å²) in [4.78, 5) is 11.2. The molecule has 0 radical (unpaired) electrons. The molecule has 0 aromatic carbocycles. The first-order chi connectivity index (χ1) is 6.97. The van der Waals surface area contributed by atoms with E-state index in [-0.39, 0.29) is 11.8 Å². The van der Waals surface area contributed by atoms with Crippen LogP contribution in [0.1, 0.15) is 18.3 Å². The number of nitrogens with zero attached hydrogens (tertiary/aromatic N) is 2. The van der Waals surface area contributed by atoms with Crippen molar-refractivity contribution in [2.24, 2.45) is 11.8 Å². The van der Waals surface area contributed by atoms with Crippen molar-refractivity contribution >= 4 is 17.5 Å². The normalized spacial score (nSPS) is 12.6. The molecular formula is C9H15ClN4O. The number of carbonyl (C=O) groups excluding carboxylic acids is 1. The highest BCUT2D eigenvalue weighted by Crippen LogP contribution is 2.19. The van der Waals surface area contributed by atoms with Crippen molar-refractivity contribution in [3.8, 4) is 0 Å². The largest absolute Gasteiger partial charge is 0.294 e. The minimum atomic E-state index is -0.232. The van der Waals surface area contributed by atoms with Gasteiger partial charge in [0, 0.05) is 0 Å². The summed E-state index contributed by atoms with van der Waals surface area (Å²) in [6.07, 6.45) is 0. The van der Waals surface area contributed by atoms with Crippen LogP contribution in [0.4, 0.5) is 0 Å². The van der Waals surface area contributed by atoms with E-state index in [1.54, 1.807) is 11.6 Å². The van der Waals surface area contributed by atoms with Crippen LogP contribution in [0.2, 0.25) is 5.02 Å². The topological polar surface area (TPSA) is 72.9 Å². The van der Waals surface area contributed by atoms with Crippen LogP contribution in [0.3, 0.4) is 0 Å². The Morgan fingerprint density at radius 1 is 1.67 bits per heavy atom. The molecule has 0 aliphatic heterocycles. The molecule has 1 amide bonds. The van der Waals surface area contributed by atoms with E-state index < -0.39 is 0 Å². The van der Waals surface area contributed by atoms with Gasteiger partial charge in [-0.25, -0.2) is 5.84 Å². The zero-order chi connectivity index (χ0) is 11.6. The van der Waals surface area contributed by atoms with Crippen molar-refractivity contribution < 1.29 is 4.79 Å². The number of nitrogens with two attached hydrogens (primary N) is 1. The Morgan fingerprint density at radius 2 is 2.27 bits per heavy atom. The minimum absolute atomic E-state index is 0.210. The van der Waals surface area contributed by atoms with Gasteiger partial charge in [0.05, 0.1) is 28.9 Å². The maximum Gasteiger partial charge on any atom is 0.238 e. The lowest BCUT2D eigenvalue weighted by molar-refractivity contribution is -0.125. The summed E-state index contributed by atoms with van der Waals surface area (Å²) in [7, 11) is 0. The first-order valence-corrected chi connectivity index (χ1v) is 5.05. The van der Waals surface area contributed by atoms with Crippen LogP contribution in [0.25, 0.3) is 0 Å². The van der Waals surface area contributed by atoms with Crippen molar-refractivity contribution in [2.45, 2.75) is 27.3 Å². The van der Waals surface area contributed by atoms with E-state index in [1.165, 1.54) is 0 Å². The minimum Gasteiger partial charge on any atom is -0.294 e. The third-order valence-corrected chi connectivity index (χ3v) is 2.88. The van der Waals surface area contributed by atoms with Gasteiger partial charge in [0.15, 0.2) is 0 Å². The average molecular weight is 231 g/mol. The number of halogens is 1. The summed E-state index contributed by atoms with van der Waals surface area (Å²) in [5.74, 6) is 4.60. The molecule has 0 saturated carbocycles. The molecule has 1 aromatic heterocycles. The van der Waals surface area contributed by atoms with E-state index in [4.69, 9.17) is 17.4 Å². The van der Waals surface area contributed by atoms with Gasteiger partial charge in [-0.3, -0.25) is 14.9 Å². The monoisotopic (exact) mass is 230 g/mol. The standard InChI is InChI=1S/C9H15ClN4O/c1-5(9(15)12-11)4-14-7(3)8(10)6(2)13-14/h5H,4,11H2,1-3H3,(H,12,15)/t5-/m1/s1. The number of hydrogen-bond acceptors (Lipinski definition) is 3. The second-order valence-electron chi connectivity index (χ2n) is 3.58. The zero-order valence-corrected chi connectivity index (χ0v) is 9.80. The highest BCUT2D eigenvalue weighted by atomic mass is 35.5. The molecule has 0 saturated heterocycles. The Hall–Kier alpha value is -1.07. The van der Waals surface area contributed by atoms with Gasteiger partial charge in [-0.15, -0.1) is 0 Å². The quantitative estimate of drug-likeness (QED) is 0.458. The highest BCUT2D eigenvalue weighted by Gasteiger charge is 2.16. The average Bonchev–Trinajstić information content (AvgIpc) is 2.45. The van der Waals surface area contributed by atoms with Crippen molar-refractivity contribution in [1.82, 2.24) is 15.2 Å². The van der Waals surface area contributed by atoms with Gasteiger partial charge in [-0.05, 0) is 13.8 Å². The van der Waals surface area contributed by atoms with Crippen LogP contribution in [0, 0.1) is 19.8 Å². The third-order valence-electron chi connectivity index (χ3n) is 2.33. The lowest BCUT2D eigenvalue weighted by Gasteiger charge is -2.10. The summed E-state index contributed by atoms with van der Waals surface area (Å²) < 4.78 is 1.72. The molecule has 1 rings (SSSR count). The first-order valence-electron chi connectivity index (χ1n) is 4.67. The predicted molar refractivity (Wildman–Crippen MR) is 58.2 cm³/mol. The summed E-state index contributed by atoms with van der Waals surface area (Å²) in [6, 6.07) is 0. The lowest BCUT2D eigenvalue weighted by atomic mass is 10.2. The lowest BCUT2D eigenvalue weighted by Crippen LogP contribution is -2.36. The van der Waals surface area contributed by atoms with Gasteiger partial charge < -0.3 is 0 Å². The fourth-order valence-electron chi connectivity index (χ4n) is 1.34. The molecule has 0 unspecified atom stereocenters. The molecule has 84 valence electrons. The third kappa shape index (κ3) is 2.49. The van der Waals surface area contributed by atoms with E-state index in [2.05, 4.69) is 10.5 Å². The molecule has 0 aliphatic carbocycles. The van der Waals surface area contributed by atoms with Crippen molar-refractivity contribution in [2.75, 3.05) is 0 Å². The summed E-state index contributed by atoms with van der Waals surface area (Å²) >= 11 is 5.99. The Kier molecular flexibility index (Phi) is 3.71. The SMILES string of the molecule is Cc1nn(C[C@@H](C)C(=O)NN)c(C)c1Cl. The number of hydrazine groups is 1. The van der Waals surface area contributed by atoms with Crippen LogP contribution in [-0.4, -0.2) is 15.7 Å². The van der Waals surface area contributed by atoms with Gasteiger partial charge >= 0.3 is 0 Å². The van der Waals surface area contributed by atoms with E-state index in [0.29, 0.717) is 11.6 Å². The Balaban J connectivity index is 2.81. The number of amides is 1. The zero-order valence-electron chi connectivity index (χ0n) is 9.04. The van der Waals surface area contributed by atoms with Crippen molar-refractivity contribution in [1.29, 1.82) is 0 Å². The van der Waals surface area contributed by atoms with Gasteiger partial charge in [-0.2, -0.15) is 5.10 Å². The van der Waals surface area contributed by atoms with Crippen LogP contribution >= 0.6 is 11.6 Å². The molecule has 5 nitrogen and oxygen atoms in total. The van der Waals surface area contributed by atoms with E-state index >= 15 is 0 Å². The first kappa shape index (κ1) is 12.0. The van der Waals surface area contributed by atoms with Crippen molar-refractivity contribution in [3.63, 3.8) is 0 Å². The Labute approximate surface area is 93.6 Å². The Morgan fingerprint density at radius 3 is 2.67 bits per heavy atom. The molecule has 0 fully saturated rings. The van der Waals surface area contributed by atoms with E-state index in [9.17, 15) is 4.79 Å². The molecule has 6 heteroatoms. The van der Waals surface area contributed by atoms with Crippen molar-refractivity contribution in [3.05, 3.63) is 16.4 Å². The van der Waals surface area contributed by atoms with E-state index in [1.807, 2.05) is 13.8 Å². The molecule has 3 N–H and O–H groups in total. The molecule has 0 bridgehead atoms. The highest BCUT2D eigenvalue weighted by molar-refractivity contribution is 6.31. The number of carbonyl (C=O) groups is 1. The van der Waals surface area contributed by atoms with Gasteiger partial charge in [0.1, 0.15) is 0 Å². The molecule has 0 aliphatic rings. The molecule has 1 aromatic rings. The van der Waals surface area contributed by atoms with Gasteiger partial charge in [0.25, 0.3) is 0 Å². The fourth-order valence-corrected chi connectivity index (χ4v) is 1.47. The number of rotatable bonds is 3. The second-order valence-corrected chi connectivity index (χ2v) is 3.95. The fraction of sp³-hybridized carbons (Fsp3) is 0.556. The molecular weight excluding hydrogens is 216 g/mol. The van der Waals surface area contributed by atoms with E-state index in [0.717, 1.165) is 11.4 Å². The molecule has 0 spiro atoms. The maximum absolute atomic E-state index is 11.2. The Bertz CT molecular complexity index is 374. The number of hydrogen-bond donors (Lipinski definition) is 2. The van der Waals surface area contributed by atoms with Crippen LogP contribution in [0.15, 0.2) is 0 Å². The van der Waals surface area contributed by atoms with Crippen LogP contribution in [0.5, 0.6) is 0 Å². The van der Waals surface area contributed by atoms with Gasteiger partial charge in [-0.1, -0.05) is 18.5 Å². The van der Waals surface area contributed by atoms with Gasteiger partial charge in [0.2, 0.25) is 5.91 Å². The molecule has 1 heterocycles.